The van der Waals surface area contributed by atoms with E-state index in [-0.39, 0.29) is 5.91 Å². The maximum atomic E-state index is 12.1. The number of hydrogen-bond donors (Lipinski definition) is 1. The third kappa shape index (κ3) is 4.06. The molecule has 1 N–H and O–H groups in total. The molecule has 19 heavy (non-hydrogen) atoms. The summed E-state index contributed by atoms with van der Waals surface area (Å²) in [4.78, 5) is 12.1. The normalized spacial score (nSPS) is 16.6. The molecule has 0 aromatic heterocycles. The molecule has 0 radical (unpaired) electrons. The molecule has 1 heterocycles. The quantitative estimate of drug-likeness (QED) is 0.905. The number of ether oxygens (including phenoxy) is 1. The minimum Gasteiger partial charge on any atom is -0.381 e. The summed E-state index contributed by atoms with van der Waals surface area (Å²) in [5.41, 5.74) is 1.97. The molecule has 0 saturated carbocycles. The lowest BCUT2D eigenvalue weighted by Crippen LogP contribution is -2.32. The average Bonchev–Trinajstić information content (AvgIpc) is 2.46. The zero-order valence-corrected chi connectivity index (χ0v) is 11.8. The Morgan fingerprint density at radius 1 is 1.37 bits per heavy atom. The minimum atomic E-state index is 0.0361. The second kappa shape index (κ2) is 6.71. The van der Waals surface area contributed by atoms with Crippen LogP contribution in [0, 0.1) is 5.92 Å². The van der Waals surface area contributed by atoms with Gasteiger partial charge in [0.25, 0.3) is 5.91 Å². The zero-order chi connectivity index (χ0) is 13.7. The van der Waals surface area contributed by atoms with Crippen molar-refractivity contribution in [2.24, 2.45) is 5.92 Å². The molecule has 1 aliphatic rings. The average molecular weight is 261 g/mol. The van der Waals surface area contributed by atoms with Gasteiger partial charge in [0.2, 0.25) is 0 Å². The molecular weight excluding hydrogens is 238 g/mol. The van der Waals surface area contributed by atoms with Gasteiger partial charge in [-0.15, -0.1) is 0 Å². The number of hydrogen-bond acceptors (Lipinski definition) is 2. The molecule has 1 amide bonds. The van der Waals surface area contributed by atoms with Gasteiger partial charge in [0.05, 0.1) is 0 Å². The van der Waals surface area contributed by atoms with Crippen molar-refractivity contribution in [3.8, 4) is 0 Å². The van der Waals surface area contributed by atoms with Gasteiger partial charge in [0.15, 0.2) is 0 Å². The predicted octanol–water partition coefficient (Wildman–Crippen LogP) is 2.97. The Hall–Kier alpha value is -1.35. The topological polar surface area (TPSA) is 38.3 Å². The van der Waals surface area contributed by atoms with Crippen molar-refractivity contribution < 1.29 is 9.53 Å². The number of carbonyl (C=O) groups excluding carboxylic acids is 1. The fraction of sp³-hybridized carbons (Fsp3) is 0.562. The summed E-state index contributed by atoms with van der Waals surface area (Å²) in [5, 5.41) is 3.04. The van der Waals surface area contributed by atoms with Crippen molar-refractivity contribution in [3.63, 3.8) is 0 Å². The maximum Gasteiger partial charge on any atom is 0.251 e. The van der Waals surface area contributed by atoms with E-state index in [4.69, 9.17) is 4.74 Å². The van der Waals surface area contributed by atoms with Crippen LogP contribution >= 0.6 is 0 Å². The van der Waals surface area contributed by atoms with Crippen LogP contribution in [0.3, 0.4) is 0 Å². The van der Waals surface area contributed by atoms with Gasteiger partial charge < -0.3 is 10.1 Å². The maximum absolute atomic E-state index is 12.1. The van der Waals surface area contributed by atoms with Gasteiger partial charge in [-0.25, -0.2) is 0 Å². The SMILES string of the molecule is CC(C)c1cccc(C(=O)NCC2CCOCC2)c1. The Balaban J connectivity index is 1.90. The van der Waals surface area contributed by atoms with Crippen molar-refractivity contribution in [2.75, 3.05) is 19.8 Å². The third-order valence-electron chi connectivity index (χ3n) is 3.71. The Morgan fingerprint density at radius 2 is 2.11 bits per heavy atom. The number of nitrogens with one attached hydrogen (secondary N) is 1. The molecule has 1 aromatic rings. The molecule has 104 valence electrons. The van der Waals surface area contributed by atoms with E-state index in [2.05, 4.69) is 25.2 Å². The molecular formula is C16H23NO2. The van der Waals surface area contributed by atoms with Crippen molar-refractivity contribution in [1.82, 2.24) is 5.32 Å². The van der Waals surface area contributed by atoms with E-state index < -0.39 is 0 Å². The van der Waals surface area contributed by atoms with Gasteiger partial charge in [-0.1, -0.05) is 26.0 Å². The lowest BCUT2D eigenvalue weighted by molar-refractivity contribution is 0.0642. The minimum absolute atomic E-state index is 0.0361. The van der Waals surface area contributed by atoms with Crippen LogP contribution in [0.1, 0.15) is 48.5 Å². The zero-order valence-electron chi connectivity index (χ0n) is 11.8. The van der Waals surface area contributed by atoms with Crippen molar-refractivity contribution >= 4 is 5.91 Å². The summed E-state index contributed by atoms with van der Waals surface area (Å²) in [5.74, 6) is 1.04. The van der Waals surface area contributed by atoms with Crippen LogP contribution in [0.4, 0.5) is 0 Å². The van der Waals surface area contributed by atoms with Crippen LogP contribution < -0.4 is 5.32 Å². The highest BCUT2D eigenvalue weighted by Gasteiger charge is 2.15. The lowest BCUT2D eigenvalue weighted by atomic mass is 9.99. The first-order chi connectivity index (χ1) is 9.16. The molecule has 0 aliphatic carbocycles. The smallest absolute Gasteiger partial charge is 0.251 e. The largest absolute Gasteiger partial charge is 0.381 e. The van der Waals surface area contributed by atoms with E-state index >= 15 is 0 Å². The molecule has 2 rings (SSSR count). The third-order valence-corrected chi connectivity index (χ3v) is 3.71. The fourth-order valence-electron chi connectivity index (χ4n) is 2.33. The standard InChI is InChI=1S/C16H23NO2/c1-12(2)14-4-3-5-15(10-14)16(18)17-11-13-6-8-19-9-7-13/h3-5,10,12-13H,6-9,11H2,1-2H3,(H,17,18). The highest BCUT2D eigenvalue weighted by atomic mass is 16.5. The molecule has 0 unspecified atom stereocenters. The van der Waals surface area contributed by atoms with Gasteiger partial charge in [-0.3, -0.25) is 4.79 Å². The number of amides is 1. The van der Waals surface area contributed by atoms with Crippen molar-refractivity contribution in [3.05, 3.63) is 35.4 Å². The summed E-state index contributed by atoms with van der Waals surface area (Å²) in [6.45, 7) is 6.68. The van der Waals surface area contributed by atoms with E-state index in [1.807, 2.05) is 18.2 Å². The molecule has 1 aliphatic heterocycles. The molecule has 1 aromatic carbocycles. The Bertz CT molecular complexity index is 423. The number of benzene rings is 1. The molecule has 3 heteroatoms. The van der Waals surface area contributed by atoms with Crippen LogP contribution in [-0.4, -0.2) is 25.7 Å². The van der Waals surface area contributed by atoms with E-state index in [0.29, 0.717) is 11.8 Å². The fourth-order valence-corrected chi connectivity index (χ4v) is 2.33. The van der Waals surface area contributed by atoms with Crippen LogP contribution in [0.15, 0.2) is 24.3 Å². The molecule has 0 atom stereocenters. The van der Waals surface area contributed by atoms with Gasteiger partial charge >= 0.3 is 0 Å². The van der Waals surface area contributed by atoms with E-state index in [1.165, 1.54) is 5.56 Å². The number of carbonyl (C=O) groups is 1. The van der Waals surface area contributed by atoms with Gasteiger partial charge in [-0.2, -0.15) is 0 Å². The summed E-state index contributed by atoms with van der Waals surface area (Å²) >= 11 is 0. The summed E-state index contributed by atoms with van der Waals surface area (Å²) in [7, 11) is 0. The molecule has 0 bridgehead atoms. The van der Waals surface area contributed by atoms with E-state index in [9.17, 15) is 4.79 Å². The highest BCUT2D eigenvalue weighted by molar-refractivity contribution is 5.94. The Morgan fingerprint density at radius 3 is 2.79 bits per heavy atom. The van der Waals surface area contributed by atoms with E-state index in [1.54, 1.807) is 0 Å². The first kappa shape index (κ1) is 14.1. The van der Waals surface area contributed by atoms with Gasteiger partial charge in [0, 0.05) is 25.3 Å². The first-order valence-electron chi connectivity index (χ1n) is 7.12. The first-order valence-corrected chi connectivity index (χ1v) is 7.12. The van der Waals surface area contributed by atoms with Crippen LogP contribution in [0.25, 0.3) is 0 Å². The molecule has 1 saturated heterocycles. The predicted molar refractivity (Wildman–Crippen MR) is 76.4 cm³/mol. The summed E-state index contributed by atoms with van der Waals surface area (Å²) < 4.78 is 5.32. The summed E-state index contributed by atoms with van der Waals surface area (Å²) in [6.07, 6.45) is 2.10. The Labute approximate surface area is 115 Å². The van der Waals surface area contributed by atoms with Gasteiger partial charge in [-0.05, 0) is 42.4 Å². The molecule has 0 spiro atoms. The summed E-state index contributed by atoms with van der Waals surface area (Å²) in [6, 6.07) is 7.90. The Kier molecular flexibility index (Phi) is 4.97. The van der Waals surface area contributed by atoms with Crippen LogP contribution in [0.2, 0.25) is 0 Å². The van der Waals surface area contributed by atoms with Crippen LogP contribution in [-0.2, 0) is 4.74 Å². The van der Waals surface area contributed by atoms with Gasteiger partial charge in [0.1, 0.15) is 0 Å². The lowest BCUT2D eigenvalue weighted by Gasteiger charge is -2.22. The van der Waals surface area contributed by atoms with Crippen molar-refractivity contribution in [1.29, 1.82) is 0 Å². The van der Waals surface area contributed by atoms with E-state index in [0.717, 1.165) is 38.2 Å². The van der Waals surface area contributed by atoms with Crippen LogP contribution in [0.5, 0.6) is 0 Å². The molecule has 1 fully saturated rings. The monoisotopic (exact) mass is 261 g/mol. The second-order valence-corrected chi connectivity index (χ2v) is 5.55. The van der Waals surface area contributed by atoms with Crippen molar-refractivity contribution in [2.45, 2.75) is 32.6 Å². The highest BCUT2D eigenvalue weighted by Crippen LogP contribution is 2.16. The molecule has 3 nitrogen and oxygen atoms in total. The number of rotatable bonds is 4. The second-order valence-electron chi connectivity index (χ2n) is 5.55.